The second-order valence-corrected chi connectivity index (χ2v) is 6.53. The van der Waals surface area contributed by atoms with Crippen molar-refractivity contribution < 1.29 is 22.8 Å². The van der Waals surface area contributed by atoms with E-state index in [0.29, 0.717) is 12.2 Å². The largest absolute Gasteiger partial charge is 0.478 e. The molecule has 1 N–H and O–H groups in total. The Morgan fingerprint density at radius 1 is 1.43 bits per heavy atom. The van der Waals surface area contributed by atoms with Gasteiger partial charge < -0.3 is 9.63 Å². The second kappa shape index (κ2) is 5.82. The fraction of sp³-hybridized carbons (Fsp3) is 0.250. The Labute approximate surface area is 125 Å². The van der Waals surface area contributed by atoms with E-state index in [1.54, 1.807) is 6.92 Å². The highest BCUT2D eigenvalue weighted by Crippen LogP contribution is 2.25. The Bertz CT molecular complexity index is 785. The summed E-state index contributed by atoms with van der Waals surface area (Å²) >= 11 is 5.85. The third-order valence-electron chi connectivity index (χ3n) is 2.65. The lowest BCUT2D eigenvalue weighted by molar-refractivity contribution is 0.0696. The van der Waals surface area contributed by atoms with Crippen LogP contribution in [-0.4, -0.2) is 29.6 Å². The predicted molar refractivity (Wildman–Crippen MR) is 73.0 cm³/mol. The highest BCUT2D eigenvalue weighted by Gasteiger charge is 2.23. The minimum absolute atomic E-state index is 0.0600. The summed E-state index contributed by atoms with van der Waals surface area (Å²) in [4.78, 5) is 14.5. The van der Waals surface area contributed by atoms with E-state index in [-0.39, 0.29) is 21.4 Å². The number of carboxylic acid groups (broad SMARTS) is 1. The smallest absolute Gasteiger partial charge is 0.335 e. The molecular formula is C12H11ClN2O5S. The molecule has 2 aromatic rings. The first-order valence-corrected chi connectivity index (χ1v) is 7.93. The summed E-state index contributed by atoms with van der Waals surface area (Å²) in [5.41, 5.74) is -0.169. The molecule has 0 aliphatic heterocycles. The van der Waals surface area contributed by atoms with E-state index in [4.69, 9.17) is 21.2 Å². The van der Waals surface area contributed by atoms with Gasteiger partial charge in [0.25, 0.3) is 0 Å². The average Bonchev–Trinajstić information content (AvgIpc) is 2.85. The molecule has 0 unspecified atom stereocenters. The highest BCUT2D eigenvalue weighted by molar-refractivity contribution is 7.90. The number of aromatic carboxylic acids is 1. The normalized spacial score (nSPS) is 11.5. The van der Waals surface area contributed by atoms with Crippen LogP contribution in [0.3, 0.4) is 0 Å². The van der Waals surface area contributed by atoms with Gasteiger partial charge in [-0.25, -0.2) is 13.2 Å². The highest BCUT2D eigenvalue weighted by atomic mass is 35.5. The van der Waals surface area contributed by atoms with Crippen molar-refractivity contribution in [3.05, 3.63) is 40.5 Å². The Morgan fingerprint density at radius 2 is 2.14 bits per heavy atom. The van der Waals surface area contributed by atoms with E-state index < -0.39 is 21.6 Å². The summed E-state index contributed by atoms with van der Waals surface area (Å²) in [5, 5.41) is 12.5. The van der Waals surface area contributed by atoms with Crippen LogP contribution in [0.1, 0.15) is 29.0 Å². The molecule has 0 saturated carbocycles. The molecule has 1 heterocycles. The number of nitrogens with zero attached hydrogens (tertiary/aromatic N) is 2. The number of carboxylic acids is 1. The zero-order chi connectivity index (χ0) is 15.6. The summed E-state index contributed by atoms with van der Waals surface area (Å²) in [6, 6.07) is 3.46. The van der Waals surface area contributed by atoms with Gasteiger partial charge in [0.1, 0.15) is 5.75 Å². The van der Waals surface area contributed by atoms with Gasteiger partial charge in [0, 0.05) is 6.42 Å². The lowest BCUT2D eigenvalue weighted by Gasteiger charge is -2.05. The number of hydrogen-bond acceptors (Lipinski definition) is 6. The molecule has 1 aromatic heterocycles. The maximum absolute atomic E-state index is 12.3. The molecule has 2 rings (SSSR count). The Hall–Kier alpha value is -1.93. The van der Waals surface area contributed by atoms with Crippen LogP contribution in [0, 0.1) is 0 Å². The molecule has 0 saturated heterocycles. The molecule has 0 amide bonds. The van der Waals surface area contributed by atoms with E-state index in [9.17, 15) is 13.2 Å². The van der Waals surface area contributed by atoms with Crippen LogP contribution in [0.15, 0.2) is 27.6 Å². The van der Waals surface area contributed by atoms with Gasteiger partial charge in [-0.3, -0.25) is 0 Å². The zero-order valence-electron chi connectivity index (χ0n) is 10.9. The molecule has 0 atom stereocenters. The van der Waals surface area contributed by atoms with Gasteiger partial charge in [-0.15, -0.1) is 0 Å². The fourth-order valence-corrected chi connectivity index (χ4v) is 3.35. The van der Waals surface area contributed by atoms with Gasteiger partial charge in [-0.05, 0) is 18.2 Å². The van der Waals surface area contributed by atoms with Crippen LogP contribution >= 0.6 is 11.6 Å². The Morgan fingerprint density at radius 3 is 2.71 bits per heavy atom. The van der Waals surface area contributed by atoms with Crippen molar-refractivity contribution in [3.8, 4) is 0 Å². The first kappa shape index (κ1) is 15.5. The maximum Gasteiger partial charge on any atom is 0.335 e. The first-order chi connectivity index (χ1) is 9.83. The molecule has 9 heteroatoms. The van der Waals surface area contributed by atoms with Crippen molar-refractivity contribution >= 4 is 27.4 Å². The lowest BCUT2D eigenvalue weighted by atomic mass is 10.2. The van der Waals surface area contributed by atoms with E-state index >= 15 is 0 Å². The van der Waals surface area contributed by atoms with Gasteiger partial charge in [0.15, 0.2) is 15.7 Å². The number of rotatable bonds is 5. The Kier molecular flexibility index (Phi) is 4.29. The van der Waals surface area contributed by atoms with Crippen LogP contribution in [0.5, 0.6) is 0 Å². The number of aromatic nitrogens is 2. The van der Waals surface area contributed by atoms with Crippen molar-refractivity contribution in [3.63, 3.8) is 0 Å². The SMILES string of the molecule is CCc1noc(CS(=O)(=O)c2cc(C(=O)O)ccc2Cl)n1. The third kappa shape index (κ3) is 3.40. The van der Waals surface area contributed by atoms with Gasteiger partial charge in [-0.2, -0.15) is 4.98 Å². The van der Waals surface area contributed by atoms with Crippen LogP contribution in [0.2, 0.25) is 5.02 Å². The van der Waals surface area contributed by atoms with Crippen LogP contribution in [0.4, 0.5) is 0 Å². The molecule has 0 aliphatic rings. The van der Waals surface area contributed by atoms with Crippen molar-refractivity contribution in [2.45, 2.75) is 24.0 Å². The summed E-state index contributed by atoms with van der Waals surface area (Å²) < 4.78 is 29.4. The molecule has 21 heavy (non-hydrogen) atoms. The topological polar surface area (TPSA) is 110 Å². The molecule has 0 bridgehead atoms. The standard InChI is InChI=1S/C12H11ClN2O5S/c1-2-10-14-11(20-15-10)6-21(18,19)9-5-7(12(16)17)3-4-8(9)13/h3-5H,2,6H2,1H3,(H,16,17). The van der Waals surface area contributed by atoms with Crippen molar-refractivity contribution in [2.24, 2.45) is 0 Å². The zero-order valence-corrected chi connectivity index (χ0v) is 12.5. The molecule has 112 valence electrons. The number of halogens is 1. The van der Waals surface area contributed by atoms with Gasteiger partial charge in [0.05, 0.1) is 15.5 Å². The van der Waals surface area contributed by atoms with Crippen molar-refractivity contribution in [1.29, 1.82) is 0 Å². The molecule has 0 fully saturated rings. The molecule has 7 nitrogen and oxygen atoms in total. The lowest BCUT2D eigenvalue weighted by Crippen LogP contribution is -2.08. The average molecular weight is 331 g/mol. The predicted octanol–water partition coefficient (Wildman–Crippen LogP) is 1.96. The van der Waals surface area contributed by atoms with Gasteiger partial charge >= 0.3 is 5.97 Å². The van der Waals surface area contributed by atoms with Gasteiger partial charge in [0.2, 0.25) is 5.89 Å². The summed E-state index contributed by atoms with van der Waals surface area (Å²) in [6.45, 7) is 1.80. The summed E-state index contributed by atoms with van der Waals surface area (Å²) in [6.07, 6.45) is 0.513. The molecule has 0 aliphatic carbocycles. The number of benzene rings is 1. The minimum Gasteiger partial charge on any atom is -0.478 e. The fourth-order valence-electron chi connectivity index (χ4n) is 1.61. The monoisotopic (exact) mass is 330 g/mol. The number of sulfone groups is 1. The second-order valence-electron chi connectivity index (χ2n) is 4.17. The van der Waals surface area contributed by atoms with E-state index in [0.717, 1.165) is 6.07 Å². The molecule has 0 spiro atoms. The number of carbonyl (C=O) groups is 1. The van der Waals surface area contributed by atoms with E-state index in [1.807, 2.05) is 0 Å². The molecular weight excluding hydrogens is 320 g/mol. The summed E-state index contributed by atoms with van der Waals surface area (Å²) in [7, 11) is -3.89. The third-order valence-corrected chi connectivity index (χ3v) is 4.73. The minimum atomic E-state index is -3.89. The van der Waals surface area contributed by atoms with Crippen LogP contribution in [-0.2, 0) is 22.0 Å². The van der Waals surface area contributed by atoms with E-state index in [1.165, 1.54) is 12.1 Å². The number of hydrogen-bond donors (Lipinski definition) is 1. The quantitative estimate of drug-likeness (QED) is 0.891. The summed E-state index contributed by atoms with van der Waals surface area (Å²) in [5.74, 6) is -1.45. The molecule has 0 radical (unpaired) electrons. The molecule has 1 aromatic carbocycles. The Balaban J connectivity index is 2.39. The van der Waals surface area contributed by atoms with Crippen molar-refractivity contribution in [2.75, 3.05) is 0 Å². The first-order valence-electron chi connectivity index (χ1n) is 5.90. The maximum atomic E-state index is 12.3. The van der Waals surface area contributed by atoms with Gasteiger partial charge in [-0.1, -0.05) is 23.7 Å². The van der Waals surface area contributed by atoms with E-state index in [2.05, 4.69) is 10.1 Å². The van der Waals surface area contributed by atoms with Crippen molar-refractivity contribution in [1.82, 2.24) is 10.1 Å². The van der Waals surface area contributed by atoms with Crippen LogP contribution < -0.4 is 0 Å². The van der Waals surface area contributed by atoms with Crippen LogP contribution in [0.25, 0.3) is 0 Å². The number of aryl methyl sites for hydroxylation is 1.